The molecule has 0 unspecified atom stereocenters. The molecule has 5 aromatic carbocycles. The number of rotatable bonds is 6. The van der Waals surface area contributed by atoms with E-state index in [9.17, 15) is 0 Å². The van der Waals surface area contributed by atoms with Crippen LogP contribution in [0.2, 0.25) is 0 Å². The molecule has 6 heteroatoms. The predicted octanol–water partition coefficient (Wildman–Crippen LogP) is 10.4. The second kappa shape index (κ2) is 11.8. The molecular weight excluding hydrogens is 589 g/mol. The average Bonchev–Trinajstić information content (AvgIpc) is 3.49. The van der Waals surface area contributed by atoms with Crippen molar-refractivity contribution in [2.24, 2.45) is 0 Å². The minimum atomic E-state index is 0.652. The fourth-order valence-electron chi connectivity index (χ4n) is 6.62. The summed E-state index contributed by atoms with van der Waals surface area (Å²) in [5, 5.41) is 2.05. The quantitative estimate of drug-likeness (QED) is 0.186. The number of fused-ring (bicyclic) bond motifs is 4. The molecule has 1 aliphatic rings. The molecule has 0 fully saturated rings. The molecular formula is C42H30N6. The monoisotopic (exact) mass is 618 g/mol. The van der Waals surface area contributed by atoms with Gasteiger partial charge in [-0.05, 0) is 85.1 Å². The summed E-state index contributed by atoms with van der Waals surface area (Å²) in [4.78, 5) is 22.8. The Hall–Kier alpha value is -6.40. The smallest absolute Gasteiger partial charge is 0.165 e. The summed E-state index contributed by atoms with van der Waals surface area (Å²) in [5.41, 5.74) is 9.77. The van der Waals surface area contributed by atoms with Gasteiger partial charge in [-0.15, -0.1) is 0 Å². The Morgan fingerprint density at radius 3 is 1.94 bits per heavy atom. The van der Waals surface area contributed by atoms with E-state index < -0.39 is 0 Å². The van der Waals surface area contributed by atoms with Crippen LogP contribution >= 0.6 is 0 Å². The van der Waals surface area contributed by atoms with Crippen LogP contribution in [0.25, 0.3) is 55.7 Å². The van der Waals surface area contributed by atoms with Crippen LogP contribution in [0.3, 0.4) is 0 Å². The molecule has 48 heavy (non-hydrogen) atoms. The van der Waals surface area contributed by atoms with Gasteiger partial charge in [-0.1, -0.05) is 85.0 Å². The maximum Gasteiger partial charge on any atom is 0.165 e. The number of nitrogens with zero attached hydrogens (tertiary/aromatic N) is 6. The summed E-state index contributed by atoms with van der Waals surface area (Å²) in [6, 6.07) is 45.8. The Morgan fingerprint density at radius 2 is 1.23 bits per heavy atom. The van der Waals surface area contributed by atoms with Gasteiger partial charge < -0.3 is 4.90 Å². The number of aromatic nitrogens is 5. The summed E-state index contributed by atoms with van der Waals surface area (Å²) in [5.74, 6) is 1.43. The molecule has 3 heterocycles. The first kappa shape index (κ1) is 27.9. The lowest BCUT2D eigenvalue weighted by Gasteiger charge is -2.25. The number of allylic oxidation sites excluding steroid dienone is 4. The molecule has 0 radical (unpaired) electrons. The van der Waals surface area contributed by atoms with E-state index in [0.717, 1.165) is 79.9 Å². The second-order valence-electron chi connectivity index (χ2n) is 11.9. The minimum absolute atomic E-state index is 0.652. The van der Waals surface area contributed by atoms with Gasteiger partial charge in [0.25, 0.3) is 0 Å². The first-order valence-electron chi connectivity index (χ1n) is 16.2. The molecule has 0 aliphatic heterocycles. The van der Waals surface area contributed by atoms with Gasteiger partial charge in [0, 0.05) is 39.6 Å². The third-order valence-electron chi connectivity index (χ3n) is 8.91. The van der Waals surface area contributed by atoms with Gasteiger partial charge in [0.15, 0.2) is 17.3 Å². The van der Waals surface area contributed by atoms with Gasteiger partial charge in [-0.2, -0.15) is 0 Å². The Balaban J connectivity index is 1.21. The summed E-state index contributed by atoms with van der Waals surface area (Å²) in [6.45, 7) is 0. The molecule has 0 atom stereocenters. The highest BCUT2D eigenvalue weighted by Gasteiger charge is 2.22. The van der Waals surface area contributed by atoms with Crippen molar-refractivity contribution < 1.29 is 0 Å². The van der Waals surface area contributed by atoms with E-state index >= 15 is 0 Å². The van der Waals surface area contributed by atoms with Gasteiger partial charge >= 0.3 is 0 Å². The second-order valence-corrected chi connectivity index (χ2v) is 11.9. The van der Waals surface area contributed by atoms with Crippen LogP contribution in [0.1, 0.15) is 18.5 Å². The zero-order valence-corrected chi connectivity index (χ0v) is 26.1. The predicted molar refractivity (Wildman–Crippen MR) is 196 cm³/mol. The van der Waals surface area contributed by atoms with Crippen molar-refractivity contribution in [2.75, 3.05) is 4.90 Å². The largest absolute Gasteiger partial charge is 0.311 e. The van der Waals surface area contributed by atoms with Crippen LogP contribution in [0.15, 0.2) is 158 Å². The summed E-state index contributed by atoms with van der Waals surface area (Å²) in [6.07, 6.45) is 10.3. The zero-order chi connectivity index (χ0) is 31.9. The number of hydrogen-bond donors (Lipinski definition) is 0. The van der Waals surface area contributed by atoms with Crippen molar-refractivity contribution >= 4 is 55.6 Å². The highest BCUT2D eigenvalue weighted by Crippen LogP contribution is 2.37. The Labute approximate surface area is 278 Å². The molecule has 228 valence electrons. The Kier molecular flexibility index (Phi) is 6.82. The van der Waals surface area contributed by atoms with Crippen molar-refractivity contribution in [3.63, 3.8) is 0 Å². The van der Waals surface area contributed by atoms with E-state index in [2.05, 4.69) is 125 Å². The van der Waals surface area contributed by atoms with Gasteiger partial charge in [0.1, 0.15) is 5.69 Å². The van der Waals surface area contributed by atoms with Crippen LogP contribution < -0.4 is 4.90 Å². The molecule has 0 saturated carbocycles. The van der Waals surface area contributed by atoms with Crippen LogP contribution in [0.5, 0.6) is 0 Å². The highest BCUT2D eigenvalue weighted by molar-refractivity contribution is 6.08. The highest BCUT2D eigenvalue weighted by atomic mass is 15.2. The van der Waals surface area contributed by atoms with E-state index in [1.165, 1.54) is 5.57 Å². The lowest BCUT2D eigenvalue weighted by atomic mass is 10.0. The number of anilines is 3. The van der Waals surface area contributed by atoms with Crippen LogP contribution in [-0.2, 0) is 0 Å². The van der Waals surface area contributed by atoms with Crippen molar-refractivity contribution in [1.29, 1.82) is 0 Å². The molecule has 0 bridgehead atoms. The number of hydrogen-bond acceptors (Lipinski definition) is 5. The first-order valence-corrected chi connectivity index (χ1v) is 16.2. The van der Waals surface area contributed by atoms with Gasteiger partial charge in [0.05, 0.1) is 16.6 Å². The summed E-state index contributed by atoms with van der Waals surface area (Å²) >= 11 is 0. The molecule has 0 spiro atoms. The topological polar surface area (TPSA) is 59.7 Å². The van der Waals surface area contributed by atoms with Crippen molar-refractivity contribution in [3.8, 4) is 17.2 Å². The zero-order valence-electron chi connectivity index (χ0n) is 26.1. The standard InChI is InChI=1S/C42H30N6/c1-4-14-29(15-5-1)39-42(45-37-22-12-11-21-36(37)44-39)48-38-23-13-10-20-34(38)35-28-43-40(46-41(35)48)30-24-26-33(27-25-30)47(31-16-6-2-7-17-31)32-18-8-3-9-19-32/h1-4,6-14,16-28H,5,15H2. The van der Waals surface area contributed by atoms with Crippen molar-refractivity contribution in [2.45, 2.75) is 12.8 Å². The molecule has 0 saturated heterocycles. The fraction of sp³-hybridized carbons (Fsp3) is 0.0476. The Bertz CT molecular complexity index is 2460. The molecule has 8 aromatic rings. The maximum atomic E-state index is 5.25. The molecule has 0 N–H and O–H groups in total. The van der Waals surface area contributed by atoms with E-state index in [-0.39, 0.29) is 0 Å². The van der Waals surface area contributed by atoms with E-state index in [0.29, 0.717) is 5.82 Å². The van der Waals surface area contributed by atoms with Crippen LogP contribution in [0, 0.1) is 0 Å². The minimum Gasteiger partial charge on any atom is -0.311 e. The van der Waals surface area contributed by atoms with Gasteiger partial charge in [-0.3, -0.25) is 4.57 Å². The van der Waals surface area contributed by atoms with E-state index in [4.69, 9.17) is 19.9 Å². The molecule has 9 rings (SSSR count). The first-order chi connectivity index (χ1) is 23.8. The third-order valence-corrected chi connectivity index (χ3v) is 8.91. The van der Waals surface area contributed by atoms with Crippen LogP contribution in [0.4, 0.5) is 17.1 Å². The SMILES string of the molecule is C1=CCCC(c2nc3ccccc3nc2-n2c3ccccc3c3cnc(-c4ccc(N(c5ccccc5)c5ccccc5)cc4)nc32)=C1. The van der Waals surface area contributed by atoms with Gasteiger partial charge in [-0.25, -0.2) is 19.9 Å². The summed E-state index contributed by atoms with van der Waals surface area (Å²) in [7, 11) is 0. The molecule has 0 amide bonds. The van der Waals surface area contributed by atoms with Crippen molar-refractivity contribution in [3.05, 3.63) is 164 Å². The average molecular weight is 619 g/mol. The maximum absolute atomic E-state index is 5.25. The fourth-order valence-corrected chi connectivity index (χ4v) is 6.62. The van der Waals surface area contributed by atoms with E-state index in [1.54, 1.807) is 0 Å². The van der Waals surface area contributed by atoms with Crippen molar-refractivity contribution in [1.82, 2.24) is 24.5 Å². The number of benzene rings is 5. The lowest BCUT2D eigenvalue weighted by Crippen LogP contribution is -2.09. The molecule has 3 aromatic heterocycles. The number of para-hydroxylation sites is 5. The molecule has 1 aliphatic carbocycles. The summed E-state index contributed by atoms with van der Waals surface area (Å²) < 4.78 is 2.17. The third kappa shape index (κ3) is 4.82. The normalized spacial score (nSPS) is 12.9. The molecule has 6 nitrogen and oxygen atoms in total. The van der Waals surface area contributed by atoms with Crippen LogP contribution in [-0.4, -0.2) is 24.5 Å². The van der Waals surface area contributed by atoms with Gasteiger partial charge in [0.2, 0.25) is 0 Å². The Morgan fingerprint density at radius 1 is 0.583 bits per heavy atom. The lowest BCUT2D eigenvalue weighted by molar-refractivity contribution is 0.995. The van der Waals surface area contributed by atoms with E-state index in [1.807, 2.05) is 42.6 Å².